The van der Waals surface area contributed by atoms with Crippen molar-refractivity contribution in [2.75, 3.05) is 18.1 Å². The number of oxime groups is 1. The molecule has 2 aromatic rings. The van der Waals surface area contributed by atoms with Crippen LogP contribution in [-0.2, 0) is 14.7 Å². The molecule has 7 nitrogen and oxygen atoms in total. The van der Waals surface area contributed by atoms with Crippen molar-refractivity contribution in [3.05, 3.63) is 60.2 Å². The number of sulfone groups is 1. The number of nitrogens with zero attached hydrogens (tertiary/aromatic N) is 1. The van der Waals surface area contributed by atoms with Gasteiger partial charge in [-0.25, -0.2) is 13.2 Å². The average Bonchev–Trinajstić information content (AvgIpc) is 3.33. The van der Waals surface area contributed by atoms with Gasteiger partial charge in [0, 0.05) is 12.5 Å². The van der Waals surface area contributed by atoms with Gasteiger partial charge < -0.3 is 15.5 Å². The predicted octanol–water partition coefficient (Wildman–Crippen LogP) is 2.33. The fourth-order valence-electron chi connectivity index (χ4n) is 3.55. The van der Waals surface area contributed by atoms with E-state index in [-0.39, 0.29) is 29.7 Å². The molecular formula is C21H23N3O4S. The first-order chi connectivity index (χ1) is 14.0. The lowest BCUT2D eigenvalue weighted by Crippen LogP contribution is -2.45. The number of carbonyl (C=O) groups is 1. The zero-order valence-corrected chi connectivity index (χ0v) is 16.7. The maximum Gasteiger partial charge on any atom is 0.315 e. The quantitative estimate of drug-likeness (QED) is 0.786. The Kier molecular flexibility index (Phi) is 5.53. The molecule has 2 aliphatic rings. The maximum atomic E-state index is 12.0. The molecule has 2 aliphatic heterocycles. The molecule has 1 fully saturated rings. The van der Waals surface area contributed by atoms with Crippen LogP contribution >= 0.6 is 0 Å². The van der Waals surface area contributed by atoms with Crippen LogP contribution in [0.5, 0.6) is 0 Å². The van der Waals surface area contributed by atoms with Crippen molar-refractivity contribution in [1.29, 1.82) is 0 Å². The van der Waals surface area contributed by atoms with E-state index in [1.165, 1.54) is 0 Å². The van der Waals surface area contributed by atoms with E-state index in [0.29, 0.717) is 19.4 Å². The summed E-state index contributed by atoms with van der Waals surface area (Å²) in [6, 6.07) is 17.6. The van der Waals surface area contributed by atoms with E-state index >= 15 is 0 Å². The summed E-state index contributed by atoms with van der Waals surface area (Å²) in [6.45, 7) is 0.306. The maximum absolute atomic E-state index is 12.0. The minimum absolute atomic E-state index is 0.00653. The van der Waals surface area contributed by atoms with Crippen molar-refractivity contribution >= 4 is 21.6 Å². The molecule has 2 aromatic carbocycles. The first kappa shape index (κ1) is 19.4. The van der Waals surface area contributed by atoms with Crippen molar-refractivity contribution in [3.63, 3.8) is 0 Å². The van der Waals surface area contributed by atoms with Gasteiger partial charge in [-0.15, -0.1) is 0 Å². The lowest BCUT2D eigenvalue weighted by molar-refractivity contribution is 0.0864. The number of hydrogen-bond donors (Lipinski definition) is 2. The standard InChI is InChI=1S/C21H23N3O4S/c25-21(23-18-10-11-29(26,27)14-18)22-13-19-12-20(24-28-19)17-8-6-16(7-9-17)15-4-2-1-3-5-15/h1-9,18-19H,10-14H2,(H2,22,23,25). The molecule has 152 valence electrons. The minimum atomic E-state index is -3.02. The Balaban J connectivity index is 1.25. The van der Waals surface area contributed by atoms with Gasteiger partial charge in [-0.2, -0.15) is 0 Å². The highest BCUT2D eigenvalue weighted by Crippen LogP contribution is 2.22. The Bertz CT molecular complexity index is 1000. The number of urea groups is 1. The second-order valence-corrected chi connectivity index (χ2v) is 9.60. The molecule has 0 aromatic heterocycles. The average molecular weight is 413 g/mol. The van der Waals surface area contributed by atoms with E-state index in [4.69, 9.17) is 4.84 Å². The van der Waals surface area contributed by atoms with Gasteiger partial charge >= 0.3 is 6.03 Å². The topological polar surface area (TPSA) is 96.9 Å². The third-order valence-corrected chi connectivity index (χ3v) is 6.88. The Hall–Kier alpha value is -2.87. The molecule has 0 aliphatic carbocycles. The normalized spacial score (nSPS) is 22.6. The van der Waals surface area contributed by atoms with E-state index in [0.717, 1.165) is 22.4 Å². The van der Waals surface area contributed by atoms with Crippen LogP contribution in [0.15, 0.2) is 59.8 Å². The summed E-state index contributed by atoms with van der Waals surface area (Å²) in [4.78, 5) is 17.4. The predicted molar refractivity (Wildman–Crippen MR) is 111 cm³/mol. The van der Waals surface area contributed by atoms with Crippen LogP contribution in [0.1, 0.15) is 18.4 Å². The molecule has 0 radical (unpaired) electrons. The van der Waals surface area contributed by atoms with Gasteiger partial charge in [0.25, 0.3) is 0 Å². The number of amides is 2. The minimum Gasteiger partial charge on any atom is -0.390 e. The molecular weight excluding hydrogens is 390 g/mol. The van der Waals surface area contributed by atoms with Gasteiger partial charge in [-0.1, -0.05) is 59.8 Å². The van der Waals surface area contributed by atoms with Crippen molar-refractivity contribution in [2.45, 2.75) is 25.0 Å². The second kappa shape index (κ2) is 8.24. The molecule has 4 rings (SSSR count). The molecule has 1 saturated heterocycles. The highest BCUT2D eigenvalue weighted by molar-refractivity contribution is 7.91. The molecule has 29 heavy (non-hydrogen) atoms. The summed E-state index contributed by atoms with van der Waals surface area (Å²) in [7, 11) is -3.02. The zero-order chi connectivity index (χ0) is 20.3. The van der Waals surface area contributed by atoms with Crippen molar-refractivity contribution in [2.24, 2.45) is 5.16 Å². The fraction of sp³-hybridized carbons (Fsp3) is 0.333. The van der Waals surface area contributed by atoms with Crippen LogP contribution in [0.25, 0.3) is 11.1 Å². The second-order valence-electron chi connectivity index (χ2n) is 7.37. The fourth-order valence-corrected chi connectivity index (χ4v) is 5.22. The molecule has 0 saturated carbocycles. The number of nitrogens with one attached hydrogen (secondary N) is 2. The van der Waals surface area contributed by atoms with E-state index in [1.54, 1.807) is 0 Å². The third kappa shape index (κ3) is 4.95. The highest BCUT2D eigenvalue weighted by Gasteiger charge is 2.29. The lowest BCUT2D eigenvalue weighted by Gasteiger charge is -2.14. The Morgan fingerprint density at radius 3 is 2.41 bits per heavy atom. The SMILES string of the molecule is O=C(NCC1CC(c2ccc(-c3ccccc3)cc2)=NO1)NC1CCS(=O)(=O)C1. The molecule has 0 bridgehead atoms. The molecule has 2 amide bonds. The van der Waals surface area contributed by atoms with Gasteiger partial charge in [0.2, 0.25) is 0 Å². The molecule has 2 unspecified atom stereocenters. The Morgan fingerprint density at radius 2 is 1.72 bits per heavy atom. The van der Waals surface area contributed by atoms with Crippen molar-refractivity contribution < 1.29 is 18.0 Å². The smallest absolute Gasteiger partial charge is 0.315 e. The van der Waals surface area contributed by atoms with Crippen molar-refractivity contribution in [1.82, 2.24) is 10.6 Å². The summed E-state index contributed by atoms with van der Waals surface area (Å²) in [5.74, 6) is 0.135. The highest BCUT2D eigenvalue weighted by atomic mass is 32.2. The third-order valence-electron chi connectivity index (χ3n) is 5.12. The number of benzene rings is 2. The van der Waals surface area contributed by atoms with Gasteiger partial charge in [-0.3, -0.25) is 0 Å². The van der Waals surface area contributed by atoms with Crippen LogP contribution < -0.4 is 10.6 Å². The van der Waals surface area contributed by atoms with Crippen LogP contribution in [-0.4, -0.2) is 50.4 Å². The van der Waals surface area contributed by atoms with Crippen molar-refractivity contribution in [3.8, 4) is 11.1 Å². The first-order valence-corrected chi connectivity index (χ1v) is 11.4. The number of hydrogen-bond acceptors (Lipinski definition) is 5. The Labute approximate surface area is 170 Å². The summed E-state index contributed by atoms with van der Waals surface area (Å²) < 4.78 is 22.9. The molecule has 2 heterocycles. The van der Waals surface area contributed by atoms with Gasteiger partial charge in [0.15, 0.2) is 15.9 Å². The monoisotopic (exact) mass is 413 g/mol. The molecule has 0 spiro atoms. The Morgan fingerprint density at radius 1 is 1.03 bits per heavy atom. The van der Waals surface area contributed by atoms with E-state index in [2.05, 4.69) is 40.1 Å². The molecule has 2 atom stereocenters. The van der Waals surface area contributed by atoms with Gasteiger partial charge in [-0.05, 0) is 23.1 Å². The summed E-state index contributed by atoms with van der Waals surface area (Å²) in [5, 5.41) is 9.59. The van der Waals surface area contributed by atoms with E-state index < -0.39 is 9.84 Å². The lowest BCUT2D eigenvalue weighted by atomic mass is 10.0. The van der Waals surface area contributed by atoms with Crippen LogP contribution in [0.4, 0.5) is 4.79 Å². The zero-order valence-electron chi connectivity index (χ0n) is 15.9. The van der Waals surface area contributed by atoms with Crippen LogP contribution in [0.2, 0.25) is 0 Å². The van der Waals surface area contributed by atoms with Gasteiger partial charge in [0.05, 0.1) is 23.8 Å². The summed E-state index contributed by atoms with van der Waals surface area (Å²) >= 11 is 0. The van der Waals surface area contributed by atoms with Crippen LogP contribution in [0, 0.1) is 0 Å². The van der Waals surface area contributed by atoms with E-state index in [1.807, 2.05) is 30.3 Å². The number of carbonyl (C=O) groups excluding carboxylic acids is 1. The molecule has 2 N–H and O–H groups in total. The molecule has 8 heteroatoms. The summed E-state index contributed by atoms with van der Waals surface area (Å²) in [5.41, 5.74) is 4.14. The first-order valence-electron chi connectivity index (χ1n) is 9.62. The number of rotatable bonds is 5. The van der Waals surface area contributed by atoms with E-state index in [9.17, 15) is 13.2 Å². The van der Waals surface area contributed by atoms with Crippen LogP contribution in [0.3, 0.4) is 0 Å². The van der Waals surface area contributed by atoms with Gasteiger partial charge in [0.1, 0.15) is 0 Å². The summed E-state index contributed by atoms with van der Waals surface area (Å²) in [6.07, 6.45) is 0.821. The largest absolute Gasteiger partial charge is 0.390 e.